The smallest absolute Gasteiger partial charge is 0.00204 e. The molecule has 1 heteroatoms. The number of benzene rings is 5. The molecular formula is C26H20S. The van der Waals surface area contributed by atoms with Crippen molar-refractivity contribution in [3.8, 4) is 11.1 Å². The first-order chi connectivity index (χ1) is 13.4. The molecule has 5 rings (SSSR count). The lowest BCUT2D eigenvalue weighted by Crippen LogP contribution is -1.95. The summed E-state index contributed by atoms with van der Waals surface area (Å²) in [5, 5.41) is 7.91. The summed E-state index contributed by atoms with van der Waals surface area (Å²) >= 11 is 4.53. The summed E-state index contributed by atoms with van der Waals surface area (Å²) in [6.45, 7) is 0. The highest BCUT2D eigenvalue weighted by Gasteiger charge is 2.15. The largest absolute Gasteiger partial charge is 0.179 e. The van der Waals surface area contributed by atoms with Gasteiger partial charge >= 0.3 is 0 Å². The molecule has 0 fully saturated rings. The second-order valence-corrected chi connectivity index (χ2v) is 7.39. The van der Waals surface area contributed by atoms with E-state index in [-0.39, 0.29) is 0 Å². The standard InChI is InChI=1S/C26H20S/c27-17-16-22-20-11-3-5-13-24(20)26(25-14-6-4-12-21(22)25)23-15-7-9-18-8-1-2-10-19(18)23/h1-15,27H,16-17H2. The number of hydrogen-bond donors (Lipinski definition) is 1. The van der Waals surface area contributed by atoms with E-state index in [2.05, 4.69) is 104 Å². The Balaban J connectivity index is 2.01. The van der Waals surface area contributed by atoms with E-state index in [4.69, 9.17) is 0 Å². The lowest BCUT2D eigenvalue weighted by Gasteiger charge is -2.18. The normalized spacial score (nSPS) is 11.4. The van der Waals surface area contributed by atoms with E-state index in [1.54, 1.807) is 0 Å². The minimum Gasteiger partial charge on any atom is -0.179 e. The molecule has 5 aromatic rings. The van der Waals surface area contributed by atoms with Crippen LogP contribution in [-0.2, 0) is 6.42 Å². The van der Waals surface area contributed by atoms with Crippen molar-refractivity contribution in [1.29, 1.82) is 0 Å². The maximum absolute atomic E-state index is 4.53. The van der Waals surface area contributed by atoms with Gasteiger partial charge in [-0.2, -0.15) is 12.6 Å². The van der Waals surface area contributed by atoms with E-state index in [1.165, 1.54) is 49.0 Å². The molecule has 0 aliphatic rings. The molecular weight excluding hydrogens is 344 g/mol. The minimum absolute atomic E-state index is 0.849. The van der Waals surface area contributed by atoms with E-state index in [0.717, 1.165) is 12.2 Å². The molecule has 0 radical (unpaired) electrons. The second kappa shape index (κ2) is 6.75. The van der Waals surface area contributed by atoms with Crippen molar-refractivity contribution in [2.24, 2.45) is 0 Å². The molecule has 0 spiro atoms. The van der Waals surface area contributed by atoms with Crippen molar-refractivity contribution in [2.75, 3.05) is 5.75 Å². The highest BCUT2D eigenvalue weighted by Crippen LogP contribution is 2.41. The van der Waals surface area contributed by atoms with Gasteiger partial charge in [-0.25, -0.2) is 0 Å². The number of rotatable bonds is 3. The maximum atomic E-state index is 4.53. The summed E-state index contributed by atoms with van der Waals surface area (Å²) in [6, 6.07) is 32.9. The average molecular weight is 365 g/mol. The van der Waals surface area contributed by atoms with Gasteiger partial charge in [0.1, 0.15) is 0 Å². The predicted molar refractivity (Wildman–Crippen MR) is 122 cm³/mol. The Labute approximate surface area is 164 Å². The maximum Gasteiger partial charge on any atom is -0.00204 e. The zero-order valence-corrected chi connectivity index (χ0v) is 15.9. The van der Waals surface area contributed by atoms with Crippen molar-refractivity contribution in [3.63, 3.8) is 0 Å². The van der Waals surface area contributed by atoms with Gasteiger partial charge in [-0.15, -0.1) is 0 Å². The van der Waals surface area contributed by atoms with Crippen LogP contribution >= 0.6 is 12.6 Å². The van der Waals surface area contributed by atoms with Crippen LogP contribution in [0.3, 0.4) is 0 Å². The lowest BCUT2D eigenvalue weighted by molar-refractivity contribution is 1.20. The van der Waals surface area contributed by atoms with Crippen molar-refractivity contribution in [1.82, 2.24) is 0 Å². The summed E-state index contributed by atoms with van der Waals surface area (Å²) in [6.07, 6.45) is 0.972. The van der Waals surface area contributed by atoms with Crippen molar-refractivity contribution in [3.05, 3.63) is 96.6 Å². The van der Waals surface area contributed by atoms with Crippen LogP contribution in [0.25, 0.3) is 43.4 Å². The average Bonchev–Trinajstić information content (AvgIpc) is 2.74. The zero-order valence-electron chi connectivity index (χ0n) is 15.0. The quantitative estimate of drug-likeness (QED) is 0.252. The number of hydrogen-bond acceptors (Lipinski definition) is 1. The first-order valence-electron chi connectivity index (χ1n) is 9.40. The third kappa shape index (κ3) is 2.62. The SMILES string of the molecule is SCCc1c2ccccc2c(-c2cccc3ccccc23)c2ccccc12. The molecule has 0 heterocycles. The van der Waals surface area contributed by atoms with Gasteiger partial charge in [0.05, 0.1) is 0 Å². The zero-order chi connectivity index (χ0) is 18.2. The highest BCUT2D eigenvalue weighted by molar-refractivity contribution is 7.80. The highest BCUT2D eigenvalue weighted by atomic mass is 32.1. The molecule has 0 atom stereocenters. The molecule has 0 bridgehead atoms. The summed E-state index contributed by atoms with van der Waals surface area (Å²) in [5.41, 5.74) is 4.04. The Bertz CT molecular complexity index is 1220. The van der Waals surface area contributed by atoms with Gasteiger partial charge in [0, 0.05) is 0 Å². The first-order valence-corrected chi connectivity index (χ1v) is 10.0. The molecule has 0 saturated carbocycles. The molecule has 5 aromatic carbocycles. The number of fused-ring (bicyclic) bond motifs is 3. The van der Waals surface area contributed by atoms with Gasteiger partial charge in [0.2, 0.25) is 0 Å². The van der Waals surface area contributed by atoms with Crippen LogP contribution in [0.15, 0.2) is 91.0 Å². The molecule has 0 N–H and O–H groups in total. The molecule has 27 heavy (non-hydrogen) atoms. The van der Waals surface area contributed by atoms with E-state index >= 15 is 0 Å². The summed E-state index contributed by atoms with van der Waals surface area (Å²) < 4.78 is 0. The summed E-state index contributed by atoms with van der Waals surface area (Å²) in [4.78, 5) is 0. The topological polar surface area (TPSA) is 0 Å². The van der Waals surface area contributed by atoms with Gasteiger partial charge < -0.3 is 0 Å². The van der Waals surface area contributed by atoms with Crippen LogP contribution in [0, 0.1) is 0 Å². The Hall–Kier alpha value is -2.77. The van der Waals surface area contributed by atoms with Crippen LogP contribution in [0.5, 0.6) is 0 Å². The van der Waals surface area contributed by atoms with Gasteiger partial charge in [-0.05, 0) is 61.2 Å². The van der Waals surface area contributed by atoms with Crippen LogP contribution in [0.2, 0.25) is 0 Å². The Morgan fingerprint density at radius 2 is 1.04 bits per heavy atom. The van der Waals surface area contributed by atoms with Crippen LogP contribution in [0.1, 0.15) is 5.56 Å². The van der Waals surface area contributed by atoms with Gasteiger partial charge in [-0.3, -0.25) is 0 Å². The van der Waals surface area contributed by atoms with Crippen LogP contribution in [-0.4, -0.2) is 5.75 Å². The summed E-state index contributed by atoms with van der Waals surface area (Å²) in [5.74, 6) is 0.849. The first kappa shape index (κ1) is 16.4. The molecule has 0 aromatic heterocycles. The van der Waals surface area contributed by atoms with Crippen molar-refractivity contribution < 1.29 is 0 Å². The molecule has 0 unspecified atom stereocenters. The number of aryl methyl sites for hydroxylation is 1. The van der Waals surface area contributed by atoms with Crippen LogP contribution in [0.4, 0.5) is 0 Å². The molecule has 0 amide bonds. The second-order valence-electron chi connectivity index (χ2n) is 6.95. The fourth-order valence-electron chi connectivity index (χ4n) is 4.33. The Kier molecular flexibility index (Phi) is 4.10. The Morgan fingerprint density at radius 1 is 0.519 bits per heavy atom. The molecule has 130 valence electrons. The van der Waals surface area contributed by atoms with Crippen molar-refractivity contribution in [2.45, 2.75) is 6.42 Å². The molecule has 0 saturated heterocycles. The molecule has 0 nitrogen and oxygen atoms in total. The van der Waals surface area contributed by atoms with Gasteiger partial charge in [0.25, 0.3) is 0 Å². The fourth-order valence-corrected chi connectivity index (χ4v) is 4.56. The third-order valence-corrected chi connectivity index (χ3v) is 5.69. The monoisotopic (exact) mass is 364 g/mol. The fraction of sp³-hybridized carbons (Fsp3) is 0.0769. The van der Waals surface area contributed by atoms with Crippen molar-refractivity contribution >= 4 is 44.9 Å². The summed E-state index contributed by atoms with van der Waals surface area (Å²) in [7, 11) is 0. The van der Waals surface area contributed by atoms with E-state index in [1.807, 2.05) is 0 Å². The lowest BCUT2D eigenvalue weighted by atomic mass is 9.86. The van der Waals surface area contributed by atoms with Gasteiger partial charge in [0.15, 0.2) is 0 Å². The molecule has 0 aliphatic heterocycles. The van der Waals surface area contributed by atoms with E-state index in [9.17, 15) is 0 Å². The van der Waals surface area contributed by atoms with E-state index < -0.39 is 0 Å². The minimum atomic E-state index is 0.849. The number of thiol groups is 1. The molecule has 0 aliphatic carbocycles. The van der Waals surface area contributed by atoms with Gasteiger partial charge in [-0.1, -0.05) is 91.0 Å². The third-order valence-electron chi connectivity index (χ3n) is 5.46. The van der Waals surface area contributed by atoms with Crippen LogP contribution < -0.4 is 0 Å². The predicted octanol–water partition coefficient (Wildman–Crippen LogP) is 7.29. The van der Waals surface area contributed by atoms with E-state index in [0.29, 0.717) is 0 Å². The Morgan fingerprint density at radius 3 is 1.67 bits per heavy atom.